The number of furan rings is 1. The van der Waals surface area contributed by atoms with Crippen LogP contribution in [0.2, 0.25) is 0 Å². The van der Waals surface area contributed by atoms with E-state index in [2.05, 4.69) is 28.6 Å². The lowest BCUT2D eigenvalue weighted by Crippen LogP contribution is -2.09. The number of rotatable bonds is 5. The third kappa shape index (κ3) is 2.82. The zero-order valence-corrected chi connectivity index (χ0v) is 12.9. The second-order valence-corrected chi connectivity index (χ2v) is 5.84. The quantitative estimate of drug-likeness (QED) is 0.722. The molecule has 2 aromatic heterocycles. The molecule has 0 bridgehead atoms. The first-order chi connectivity index (χ1) is 11.3. The summed E-state index contributed by atoms with van der Waals surface area (Å²) in [6.07, 6.45) is 8.23. The predicted molar refractivity (Wildman–Crippen MR) is 84.7 cm³/mol. The van der Waals surface area contributed by atoms with Crippen LogP contribution in [0.3, 0.4) is 0 Å². The second kappa shape index (κ2) is 5.83. The van der Waals surface area contributed by atoms with Crippen LogP contribution in [0.25, 0.3) is 0 Å². The van der Waals surface area contributed by atoms with E-state index < -0.39 is 0 Å². The number of hydrogen-bond acceptors (Lipinski definition) is 4. The Kier molecular flexibility index (Phi) is 3.54. The minimum atomic E-state index is 0.303. The van der Waals surface area contributed by atoms with Gasteiger partial charge in [0.15, 0.2) is 11.5 Å². The molecule has 0 N–H and O–H groups in total. The molecule has 5 heteroatoms. The van der Waals surface area contributed by atoms with Gasteiger partial charge in [0.25, 0.3) is 0 Å². The number of benzene rings is 1. The summed E-state index contributed by atoms with van der Waals surface area (Å²) in [5.74, 6) is 3.03. The fourth-order valence-corrected chi connectivity index (χ4v) is 2.98. The number of aromatic nitrogens is 2. The fourth-order valence-electron chi connectivity index (χ4n) is 2.98. The van der Waals surface area contributed by atoms with Gasteiger partial charge in [-0.15, -0.1) is 0 Å². The van der Waals surface area contributed by atoms with Crippen LogP contribution in [0.4, 0.5) is 0 Å². The van der Waals surface area contributed by atoms with Crippen molar-refractivity contribution in [2.45, 2.75) is 25.8 Å². The van der Waals surface area contributed by atoms with E-state index in [9.17, 15) is 0 Å². The SMILES string of the molecule is C[C@@H](Cc1ccc2c(c1)OCO2)c1nccn1Cc1ccoc1. The van der Waals surface area contributed by atoms with Crippen molar-refractivity contribution in [2.75, 3.05) is 6.79 Å². The van der Waals surface area contributed by atoms with E-state index in [0.29, 0.717) is 12.7 Å². The van der Waals surface area contributed by atoms with Crippen LogP contribution >= 0.6 is 0 Å². The Labute approximate surface area is 134 Å². The summed E-state index contributed by atoms with van der Waals surface area (Å²) in [5.41, 5.74) is 2.36. The molecule has 1 aromatic carbocycles. The summed E-state index contributed by atoms with van der Waals surface area (Å²) in [7, 11) is 0. The van der Waals surface area contributed by atoms with Crippen LogP contribution in [-0.4, -0.2) is 16.3 Å². The number of fused-ring (bicyclic) bond motifs is 1. The van der Waals surface area contributed by atoms with Crippen LogP contribution in [-0.2, 0) is 13.0 Å². The number of nitrogens with zero attached hydrogens (tertiary/aromatic N) is 2. The molecule has 1 aliphatic rings. The van der Waals surface area contributed by atoms with Gasteiger partial charge >= 0.3 is 0 Å². The molecule has 5 nitrogen and oxygen atoms in total. The van der Waals surface area contributed by atoms with Gasteiger partial charge in [0.1, 0.15) is 5.82 Å². The minimum Gasteiger partial charge on any atom is -0.472 e. The average Bonchev–Trinajstić information content (AvgIpc) is 3.28. The molecule has 0 radical (unpaired) electrons. The molecule has 0 saturated heterocycles. The Hall–Kier alpha value is -2.69. The van der Waals surface area contributed by atoms with Gasteiger partial charge < -0.3 is 18.5 Å². The highest BCUT2D eigenvalue weighted by Gasteiger charge is 2.17. The van der Waals surface area contributed by atoms with Gasteiger partial charge in [-0.05, 0) is 30.2 Å². The average molecular weight is 310 g/mol. The van der Waals surface area contributed by atoms with Crippen LogP contribution in [0.5, 0.6) is 11.5 Å². The van der Waals surface area contributed by atoms with Crippen LogP contribution in [0, 0.1) is 0 Å². The molecular weight excluding hydrogens is 292 g/mol. The Bertz CT molecular complexity index is 792. The molecule has 0 aliphatic carbocycles. The van der Waals surface area contributed by atoms with Crippen molar-refractivity contribution < 1.29 is 13.9 Å². The largest absolute Gasteiger partial charge is 0.472 e. The monoisotopic (exact) mass is 310 g/mol. The van der Waals surface area contributed by atoms with E-state index in [1.165, 1.54) is 5.56 Å². The first-order valence-corrected chi connectivity index (χ1v) is 7.70. The van der Waals surface area contributed by atoms with Crippen molar-refractivity contribution in [3.05, 3.63) is 66.1 Å². The highest BCUT2D eigenvalue weighted by Crippen LogP contribution is 2.33. The molecule has 1 atom stereocenters. The van der Waals surface area contributed by atoms with Crippen molar-refractivity contribution in [1.82, 2.24) is 9.55 Å². The molecule has 4 rings (SSSR count). The van der Waals surface area contributed by atoms with E-state index in [0.717, 1.165) is 35.9 Å². The van der Waals surface area contributed by atoms with Crippen molar-refractivity contribution in [3.63, 3.8) is 0 Å². The Balaban J connectivity index is 1.51. The first-order valence-electron chi connectivity index (χ1n) is 7.70. The molecule has 118 valence electrons. The minimum absolute atomic E-state index is 0.303. The first kappa shape index (κ1) is 13.9. The maximum absolute atomic E-state index is 5.45. The van der Waals surface area contributed by atoms with E-state index in [4.69, 9.17) is 13.9 Å². The molecule has 0 amide bonds. The van der Waals surface area contributed by atoms with Crippen molar-refractivity contribution in [3.8, 4) is 11.5 Å². The van der Waals surface area contributed by atoms with E-state index in [1.54, 1.807) is 12.5 Å². The van der Waals surface area contributed by atoms with Gasteiger partial charge in [-0.1, -0.05) is 13.0 Å². The summed E-state index contributed by atoms with van der Waals surface area (Å²) in [6.45, 7) is 3.28. The Morgan fingerprint density at radius 1 is 1.17 bits per heavy atom. The maximum Gasteiger partial charge on any atom is 0.231 e. The third-order valence-electron chi connectivity index (χ3n) is 4.10. The van der Waals surface area contributed by atoms with E-state index in [1.807, 2.05) is 24.5 Å². The number of ether oxygens (including phenoxy) is 2. The molecule has 3 aromatic rings. The molecular formula is C18H18N2O3. The molecule has 0 fully saturated rings. The highest BCUT2D eigenvalue weighted by atomic mass is 16.7. The summed E-state index contributed by atoms with van der Waals surface area (Å²) in [4.78, 5) is 4.54. The van der Waals surface area contributed by atoms with Gasteiger partial charge in [0.05, 0.1) is 19.1 Å². The normalized spacial score (nSPS) is 14.1. The van der Waals surface area contributed by atoms with Crippen LogP contribution in [0.15, 0.2) is 53.6 Å². The van der Waals surface area contributed by atoms with Crippen molar-refractivity contribution in [1.29, 1.82) is 0 Å². The van der Waals surface area contributed by atoms with Gasteiger partial charge in [-0.3, -0.25) is 0 Å². The van der Waals surface area contributed by atoms with Gasteiger partial charge in [0, 0.05) is 23.9 Å². The molecule has 23 heavy (non-hydrogen) atoms. The molecule has 3 heterocycles. The third-order valence-corrected chi connectivity index (χ3v) is 4.10. The van der Waals surface area contributed by atoms with Crippen molar-refractivity contribution in [2.24, 2.45) is 0 Å². The standard InChI is InChI=1S/C18H18N2O3/c1-13(8-14-2-3-16-17(9-14)23-12-22-16)18-19-5-6-20(18)10-15-4-7-21-11-15/h2-7,9,11,13H,8,10,12H2,1H3/t13-/m0/s1. The van der Waals surface area contributed by atoms with E-state index >= 15 is 0 Å². The predicted octanol–water partition coefficient (Wildman–Crippen LogP) is 3.60. The van der Waals surface area contributed by atoms with Gasteiger partial charge in [0.2, 0.25) is 6.79 Å². The molecule has 1 aliphatic heterocycles. The van der Waals surface area contributed by atoms with E-state index in [-0.39, 0.29) is 0 Å². The highest BCUT2D eigenvalue weighted by molar-refractivity contribution is 5.44. The zero-order chi connectivity index (χ0) is 15.6. The lowest BCUT2D eigenvalue weighted by Gasteiger charge is -2.14. The maximum atomic E-state index is 5.45. The lowest BCUT2D eigenvalue weighted by atomic mass is 10.00. The topological polar surface area (TPSA) is 49.4 Å². The zero-order valence-electron chi connectivity index (χ0n) is 12.9. The smallest absolute Gasteiger partial charge is 0.231 e. The second-order valence-electron chi connectivity index (χ2n) is 5.84. The van der Waals surface area contributed by atoms with Gasteiger partial charge in [-0.2, -0.15) is 0 Å². The molecule has 0 spiro atoms. The Morgan fingerprint density at radius 2 is 2.09 bits per heavy atom. The number of hydrogen-bond donors (Lipinski definition) is 0. The fraction of sp³-hybridized carbons (Fsp3) is 0.278. The Morgan fingerprint density at radius 3 is 2.96 bits per heavy atom. The van der Waals surface area contributed by atoms with Crippen LogP contribution < -0.4 is 9.47 Å². The van der Waals surface area contributed by atoms with Crippen LogP contribution in [0.1, 0.15) is 29.8 Å². The summed E-state index contributed by atoms with van der Waals surface area (Å²) in [6, 6.07) is 8.10. The van der Waals surface area contributed by atoms with Gasteiger partial charge in [-0.25, -0.2) is 4.98 Å². The summed E-state index contributed by atoms with van der Waals surface area (Å²) < 4.78 is 18.1. The number of imidazole rings is 1. The summed E-state index contributed by atoms with van der Waals surface area (Å²) in [5, 5.41) is 0. The summed E-state index contributed by atoms with van der Waals surface area (Å²) >= 11 is 0. The molecule has 0 unspecified atom stereocenters. The van der Waals surface area contributed by atoms with Crippen molar-refractivity contribution >= 4 is 0 Å². The molecule has 0 saturated carbocycles. The lowest BCUT2D eigenvalue weighted by molar-refractivity contribution is 0.174.